The highest BCUT2D eigenvalue weighted by atomic mass is 35.5. The van der Waals surface area contributed by atoms with E-state index in [4.69, 9.17) is 35.4 Å². The molecular weight excluding hydrogens is 711 g/mol. The Labute approximate surface area is 302 Å². The van der Waals surface area contributed by atoms with Crippen molar-refractivity contribution in [1.29, 1.82) is 0 Å². The number of nitrogens with zero attached hydrogens (tertiary/aromatic N) is 4. The monoisotopic (exact) mass is 750 g/mol. The number of sulfonamides is 1. The number of nitro benzene ring substituents is 1. The van der Waals surface area contributed by atoms with Crippen molar-refractivity contribution in [2.45, 2.75) is 29.8 Å². The summed E-state index contributed by atoms with van der Waals surface area (Å²) in [5, 5.41) is 19.1. The second kappa shape index (κ2) is 17.4. The van der Waals surface area contributed by atoms with Crippen molar-refractivity contribution in [3.63, 3.8) is 0 Å². The molecule has 0 aliphatic carbocycles. The van der Waals surface area contributed by atoms with Crippen LogP contribution in [0.25, 0.3) is 0 Å². The second-order valence-electron chi connectivity index (χ2n) is 11.8. The molecule has 0 unspecified atom stereocenters. The van der Waals surface area contributed by atoms with Gasteiger partial charge in [-0.15, -0.1) is 0 Å². The Bertz CT molecular complexity index is 1720. The van der Waals surface area contributed by atoms with Gasteiger partial charge in [0.05, 0.1) is 15.9 Å². The lowest BCUT2D eigenvalue weighted by molar-refractivity contribution is -0.384. The van der Waals surface area contributed by atoms with Gasteiger partial charge in [-0.3, -0.25) is 25.8 Å². The summed E-state index contributed by atoms with van der Waals surface area (Å²) in [5.74, 6) is -0.396. The first-order valence-electron chi connectivity index (χ1n) is 15.5. The van der Waals surface area contributed by atoms with Crippen LogP contribution in [0, 0.1) is 10.1 Å². The summed E-state index contributed by atoms with van der Waals surface area (Å²) in [4.78, 5) is 28.3. The standard InChI is InChI=1S/C32H40Cl2N8O5S2/c1-39(2)19-20-40(3)18-16-35-31(43)28-13-8-17-41(28)49(46,47)22-14-15-27(29(21-22)42(44)45)37-38-32(48)36-30(23-9-4-6-11-25(23)33)24-10-5-7-12-26(24)34/h4-7,9-12,14-15,21,28,30,37H,8,13,16-20H2,1-3H3,(H,35,43)(H2,36,38,48)/t28-/m0/s1. The van der Waals surface area contributed by atoms with Crippen LogP contribution < -0.4 is 21.5 Å². The van der Waals surface area contributed by atoms with Crippen LogP contribution >= 0.6 is 35.4 Å². The summed E-state index contributed by atoms with van der Waals surface area (Å²) in [5.41, 5.74) is 6.31. The molecule has 1 atom stereocenters. The van der Waals surface area contributed by atoms with Crippen LogP contribution in [0.4, 0.5) is 11.4 Å². The van der Waals surface area contributed by atoms with E-state index < -0.39 is 38.6 Å². The molecule has 49 heavy (non-hydrogen) atoms. The number of carbonyl (C=O) groups excluding carboxylic acids is 1. The first-order chi connectivity index (χ1) is 23.3. The minimum Gasteiger partial charge on any atom is -0.353 e. The number of amides is 1. The molecule has 264 valence electrons. The van der Waals surface area contributed by atoms with E-state index in [1.54, 1.807) is 24.3 Å². The van der Waals surface area contributed by atoms with Crippen molar-refractivity contribution < 1.29 is 18.1 Å². The zero-order valence-electron chi connectivity index (χ0n) is 27.4. The first-order valence-corrected chi connectivity index (χ1v) is 18.1. The topological polar surface area (TPSA) is 152 Å². The van der Waals surface area contributed by atoms with Gasteiger partial charge in [-0.25, -0.2) is 8.42 Å². The number of nitro groups is 1. The molecule has 1 aliphatic heterocycles. The number of benzene rings is 3. The summed E-state index contributed by atoms with van der Waals surface area (Å²) in [7, 11) is 1.67. The van der Waals surface area contributed by atoms with Crippen molar-refractivity contribution in [2.75, 3.05) is 59.3 Å². The molecule has 0 aromatic heterocycles. The minimum atomic E-state index is -4.24. The van der Waals surface area contributed by atoms with Crippen molar-refractivity contribution >= 4 is 67.8 Å². The highest BCUT2D eigenvalue weighted by Gasteiger charge is 2.40. The summed E-state index contributed by atoms with van der Waals surface area (Å²) in [6.45, 7) is 2.77. The first kappa shape index (κ1) is 38.2. The lowest BCUT2D eigenvalue weighted by atomic mass is 9.98. The number of likely N-dealkylation sites (N-methyl/N-ethyl adjacent to an activating group) is 2. The van der Waals surface area contributed by atoms with Crippen LogP contribution in [-0.4, -0.2) is 98.4 Å². The molecule has 1 amide bonds. The third-order valence-electron chi connectivity index (χ3n) is 8.02. The molecule has 1 heterocycles. The highest BCUT2D eigenvalue weighted by Crippen LogP contribution is 2.33. The molecule has 17 heteroatoms. The van der Waals surface area contributed by atoms with Crippen LogP contribution in [0.2, 0.25) is 10.0 Å². The molecule has 0 bridgehead atoms. The van der Waals surface area contributed by atoms with Gasteiger partial charge in [0.25, 0.3) is 5.69 Å². The maximum absolute atomic E-state index is 13.7. The molecule has 1 aliphatic rings. The normalized spacial score (nSPS) is 15.1. The number of anilines is 1. The molecular formula is C32H40Cl2N8O5S2. The molecule has 0 radical (unpaired) electrons. The van der Waals surface area contributed by atoms with E-state index >= 15 is 0 Å². The van der Waals surface area contributed by atoms with E-state index in [0.717, 1.165) is 23.5 Å². The van der Waals surface area contributed by atoms with Gasteiger partial charge in [-0.2, -0.15) is 4.31 Å². The fourth-order valence-electron chi connectivity index (χ4n) is 5.36. The van der Waals surface area contributed by atoms with Gasteiger partial charge in [0, 0.05) is 48.8 Å². The van der Waals surface area contributed by atoms with E-state index in [9.17, 15) is 23.3 Å². The molecule has 4 N–H and O–H groups in total. The number of rotatable bonds is 15. The molecule has 0 spiro atoms. The third-order valence-corrected chi connectivity index (χ3v) is 10.8. The number of nitrogens with one attached hydrogen (secondary N) is 4. The fourth-order valence-corrected chi connectivity index (χ4v) is 7.69. The molecule has 3 aromatic carbocycles. The van der Waals surface area contributed by atoms with Gasteiger partial charge < -0.3 is 20.4 Å². The van der Waals surface area contributed by atoms with E-state index in [1.165, 1.54) is 12.1 Å². The van der Waals surface area contributed by atoms with E-state index in [0.29, 0.717) is 47.1 Å². The lowest BCUT2D eigenvalue weighted by Gasteiger charge is -2.25. The molecule has 3 aromatic rings. The second-order valence-corrected chi connectivity index (χ2v) is 14.9. The predicted molar refractivity (Wildman–Crippen MR) is 196 cm³/mol. The summed E-state index contributed by atoms with van der Waals surface area (Å²) >= 11 is 18.5. The number of hydrogen-bond acceptors (Lipinski definition) is 9. The van der Waals surface area contributed by atoms with Crippen LogP contribution in [0.15, 0.2) is 71.6 Å². The van der Waals surface area contributed by atoms with Crippen LogP contribution in [0.3, 0.4) is 0 Å². The number of hydrogen-bond donors (Lipinski definition) is 4. The average molecular weight is 752 g/mol. The molecule has 1 saturated heterocycles. The quantitative estimate of drug-likeness (QED) is 0.100. The maximum atomic E-state index is 13.7. The lowest BCUT2D eigenvalue weighted by Crippen LogP contribution is -2.47. The van der Waals surface area contributed by atoms with Crippen molar-refractivity contribution in [2.24, 2.45) is 0 Å². The van der Waals surface area contributed by atoms with Gasteiger partial charge >= 0.3 is 0 Å². The van der Waals surface area contributed by atoms with Crippen molar-refractivity contribution in [1.82, 2.24) is 30.2 Å². The van der Waals surface area contributed by atoms with Gasteiger partial charge in [0.15, 0.2) is 5.11 Å². The Morgan fingerprint density at radius 2 is 1.65 bits per heavy atom. The summed E-state index contributed by atoms with van der Waals surface area (Å²) in [6.07, 6.45) is 0.834. The zero-order valence-corrected chi connectivity index (χ0v) is 30.5. The SMILES string of the molecule is CN(C)CCN(C)CCNC(=O)[C@@H]1CCCN1S(=O)(=O)c1ccc(NNC(=S)NC(c2ccccc2Cl)c2ccccc2Cl)c([N+](=O)[O-])c1. The summed E-state index contributed by atoms with van der Waals surface area (Å²) < 4.78 is 28.5. The van der Waals surface area contributed by atoms with E-state index in [2.05, 4.69) is 31.3 Å². The van der Waals surface area contributed by atoms with E-state index in [1.807, 2.05) is 45.4 Å². The van der Waals surface area contributed by atoms with Gasteiger partial charge in [0.1, 0.15) is 11.7 Å². The number of carbonyl (C=O) groups is 1. The van der Waals surface area contributed by atoms with Crippen molar-refractivity contribution in [3.8, 4) is 0 Å². The molecule has 13 nitrogen and oxygen atoms in total. The fraction of sp³-hybridized carbons (Fsp3) is 0.375. The van der Waals surface area contributed by atoms with Gasteiger partial charge in [-0.05, 0) is 81.6 Å². The van der Waals surface area contributed by atoms with E-state index in [-0.39, 0.29) is 22.2 Å². The van der Waals surface area contributed by atoms with Crippen LogP contribution in [0.5, 0.6) is 0 Å². The molecule has 4 rings (SSSR count). The Morgan fingerprint density at radius 1 is 1.02 bits per heavy atom. The Balaban J connectivity index is 1.45. The smallest absolute Gasteiger partial charge is 0.295 e. The largest absolute Gasteiger partial charge is 0.353 e. The van der Waals surface area contributed by atoms with Crippen LogP contribution in [-0.2, 0) is 14.8 Å². The zero-order chi connectivity index (χ0) is 35.7. The molecule has 0 saturated carbocycles. The number of thiocarbonyl (C=S) groups is 1. The number of halogens is 2. The minimum absolute atomic E-state index is 0.0331. The Kier molecular flexibility index (Phi) is 13.6. The van der Waals surface area contributed by atoms with Gasteiger partial charge in [0.2, 0.25) is 15.9 Å². The number of hydrazine groups is 1. The van der Waals surface area contributed by atoms with Gasteiger partial charge in [-0.1, -0.05) is 59.6 Å². The maximum Gasteiger partial charge on any atom is 0.295 e. The summed E-state index contributed by atoms with van der Waals surface area (Å²) in [6, 6.07) is 16.4. The van der Waals surface area contributed by atoms with Crippen LogP contribution in [0.1, 0.15) is 30.0 Å². The third kappa shape index (κ3) is 10.0. The molecule has 1 fully saturated rings. The average Bonchev–Trinajstić information content (AvgIpc) is 3.57. The van der Waals surface area contributed by atoms with Crippen molar-refractivity contribution in [3.05, 3.63) is 98.0 Å². The highest BCUT2D eigenvalue weighted by molar-refractivity contribution is 7.89. The Morgan fingerprint density at radius 3 is 2.24 bits per heavy atom. The predicted octanol–water partition coefficient (Wildman–Crippen LogP) is 4.24. The Hall–Kier alpha value is -3.57.